The van der Waals surface area contributed by atoms with E-state index in [0.717, 1.165) is 0 Å². The van der Waals surface area contributed by atoms with Gasteiger partial charge in [0, 0.05) is 11.8 Å². The molecule has 0 fully saturated rings. The molecule has 0 aliphatic rings. The lowest BCUT2D eigenvalue weighted by atomic mass is 9.90. The van der Waals surface area contributed by atoms with Crippen LogP contribution in [0, 0.1) is 17.3 Å². The average Bonchev–Trinajstić information content (AvgIpc) is 2.09. The highest BCUT2D eigenvalue weighted by Crippen LogP contribution is 2.16. The van der Waals surface area contributed by atoms with Gasteiger partial charge in [0.1, 0.15) is 0 Å². The predicted molar refractivity (Wildman–Crippen MR) is 70.7 cm³/mol. The van der Waals surface area contributed by atoms with Gasteiger partial charge < -0.3 is 5.32 Å². The lowest BCUT2D eigenvalue weighted by molar-refractivity contribution is -0.133. The number of nitrogens with one attached hydrogen (secondary N) is 1. The molecule has 0 aliphatic heterocycles. The zero-order chi connectivity index (χ0) is 13.8. The molecule has 0 spiro atoms. The van der Waals surface area contributed by atoms with Crippen LogP contribution in [0.3, 0.4) is 0 Å². The van der Waals surface area contributed by atoms with Crippen LogP contribution in [0.25, 0.3) is 0 Å². The molecule has 3 heteroatoms. The Bertz CT molecular complexity index is 274. The first kappa shape index (κ1) is 16.1. The van der Waals surface area contributed by atoms with E-state index >= 15 is 0 Å². The van der Waals surface area contributed by atoms with E-state index in [1.165, 1.54) is 0 Å². The Balaban J connectivity index is 4.66. The topological polar surface area (TPSA) is 46.2 Å². The molecule has 0 aromatic heterocycles. The van der Waals surface area contributed by atoms with Crippen molar-refractivity contribution in [1.82, 2.24) is 5.32 Å². The third-order valence-electron chi connectivity index (χ3n) is 2.59. The van der Waals surface area contributed by atoms with Gasteiger partial charge in [-0.1, -0.05) is 48.5 Å². The van der Waals surface area contributed by atoms with Gasteiger partial charge in [0.25, 0.3) is 0 Å². The smallest absolute Gasteiger partial charge is 0.225 e. The van der Waals surface area contributed by atoms with Crippen molar-refractivity contribution >= 4 is 11.7 Å². The Morgan fingerprint density at radius 1 is 1.06 bits per heavy atom. The van der Waals surface area contributed by atoms with Crippen LogP contribution in [0.2, 0.25) is 0 Å². The maximum atomic E-state index is 12.0. The Morgan fingerprint density at radius 2 is 1.53 bits per heavy atom. The highest BCUT2D eigenvalue weighted by molar-refractivity contribution is 5.91. The van der Waals surface area contributed by atoms with Crippen LogP contribution >= 0.6 is 0 Å². The van der Waals surface area contributed by atoms with Crippen LogP contribution in [0.1, 0.15) is 54.9 Å². The zero-order valence-electron chi connectivity index (χ0n) is 12.3. The number of ketones is 1. The fourth-order valence-electron chi connectivity index (χ4n) is 1.51. The van der Waals surface area contributed by atoms with E-state index in [-0.39, 0.29) is 23.7 Å². The fraction of sp³-hybridized carbons (Fsp3) is 0.857. The van der Waals surface area contributed by atoms with Gasteiger partial charge in [-0.25, -0.2) is 0 Å². The van der Waals surface area contributed by atoms with Crippen LogP contribution in [-0.2, 0) is 9.59 Å². The average molecular weight is 241 g/mol. The normalized spacial score (nSPS) is 13.9. The number of carbonyl (C=O) groups is 2. The number of Topliss-reactive ketones (excluding diaryl/α,β-unsaturated/α-hetero) is 1. The monoisotopic (exact) mass is 241 g/mol. The number of rotatable bonds is 5. The minimum atomic E-state index is -0.453. The zero-order valence-corrected chi connectivity index (χ0v) is 12.3. The molecule has 1 amide bonds. The SMILES string of the molecule is CC(C)CC(=O)[C@@H](NC(=O)C(C)(C)C)C(C)C. The van der Waals surface area contributed by atoms with Crippen LogP contribution in [0.15, 0.2) is 0 Å². The first-order chi connectivity index (χ1) is 7.55. The molecule has 0 aliphatic carbocycles. The Hall–Kier alpha value is -0.860. The molecule has 1 atom stereocenters. The largest absolute Gasteiger partial charge is 0.346 e. The summed E-state index contributed by atoms with van der Waals surface area (Å²) in [5, 5.41) is 2.87. The van der Waals surface area contributed by atoms with E-state index in [1.807, 2.05) is 48.5 Å². The van der Waals surface area contributed by atoms with Crippen LogP contribution in [0.4, 0.5) is 0 Å². The van der Waals surface area contributed by atoms with Crippen molar-refractivity contribution in [3.05, 3.63) is 0 Å². The van der Waals surface area contributed by atoms with Crippen LogP contribution in [0.5, 0.6) is 0 Å². The lowest BCUT2D eigenvalue weighted by Crippen LogP contribution is -2.48. The third kappa shape index (κ3) is 5.85. The Morgan fingerprint density at radius 3 is 1.82 bits per heavy atom. The summed E-state index contributed by atoms with van der Waals surface area (Å²) in [7, 11) is 0. The Labute approximate surface area is 105 Å². The number of hydrogen-bond donors (Lipinski definition) is 1. The highest BCUT2D eigenvalue weighted by Gasteiger charge is 2.29. The van der Waals surface area contributed by atoms with E-state index < -0.39 is 5.41 Å². The first-order valence-corrected chi connectivity index (χ1v) is 6.39. The molecule has 0 radical (unpaired) electrons. The molecule has 0 aromatic carbocycles. The maximum Gasteiger partial charge on any atom is 0.225 e. The van der Waals surface area contributed by atoms with Gasteiger partial charge in [-0.3, -0.25) is 9.59 Å². The van der Waals surface area contributed by atoms with E-state index in [4.69, 9.17) is 0 Å². The molecule has 0 saturated heterocycles. The number of hydrogen-bond acceptors (Lipinski definition) is 2. The first-order valence-electron chi connectivity index (χ1n) is 6.39. The maximum absolute atomic E-state index is 12.0. The van der Waals surface area contributed by atoms with Gasteiger partial charge in [0.15, 0.2) is 5.78 Å². The Kier molecular flexibility index (Phi) is 5.86. The lowest BCUT2D eigenvalue weighted by Gasteiger charge is -2.26. The van der Waals surface area contributed by atoms with Gasteiger partial charge in [-0.2, -0.15) is 0 Å². The predicted octanol–water partition coefficient (Wildman–Crippen LogP) is 2.79. The molecule has 0 aromatic rings. The van der Waals surface area contributed by atoms with Gasteiger partial charge in [-0.05, 0) is 11.8 Å². The van der Waals surface area contributed by atoms with Crippen molar-refractivity contribution in [3.63, 3.8) is 0 Å². The summed E-state index contributed by atoms with van der Waals surface area (Å²) in [5.74, 6) is 0.531. The van der Waals surface area contributed by atoms with Crippen molar-refractivity contribution in [2.24, 2.45) is 17.3 Å². The summed E-state index contributed by atoms with van der Waals surface area (Å²) in [5.41, 5.74) is -0.453. The molecule has 1 N–H and O–H groups in total. The molecular formula is C14H27NO2. The van der Waals surface area contributed by atoms with Crippen molar-refractivity contribution in [2.45, 2.75) is 60.9 Å². The summed E-state index contributed by atoms with van der Waals surface area (Å²) < 4.78 is 0. The minimum Gasteiger partial charge on any atom is -0.346 e. The van der Waals surface area contributed by atoms with E-state index in [0.29, 0.717) is 12.3 Å². The number of amides is 1. The molecule has 0 unspecified atom stereocenters. The standard InChI is InChI=1S/C14H27NO2/c1-9(2)8-11(16)12(10(3)4)15-13(17)14(5,6)7/h9-10,12H,8H2,1-7H3,(H,15,17)/t12-/m0/s1. The van der Waals surface area contributed by atoms with Crippen LogP contribution in [-0.4, -0.2) is 17.7 Å². The number of carbonyl (C=O) groups excluding carboxylic acids is 2. The summed E-state index contributed by atoms with van der Waals surface area (Å²) >= 11 is 0. The van der Waals surface area contributed by atoms with Crippen molar-refractivity contribution < 1.29 is 9.59 Å². The molecule has 17 heavy (non-hydrogen) atoms. The third-order valence-corrected chi connectivity index (χ3v) is 2.59. The molecule has 0 saturated carbocycles. The minimum absolute atomic E-state index is 0.0618. The summed E-state index contributed by atoms with van der Waals surface area (Å²) in [6.45, 7) is 13.5. The molecule has 3 nitrogen and oxygen atoms in total. The van der Waals surface area contributed by atoms with E-state index in [1.54, 1.807) is 0 Å². The second-order valence-corrected chi connectivity index (χ2v) is 6.51. The van der Waals surface area contributed by atoms with Crippen molar-refractivity contribution in [1.29, 1.82) is 0 Å². The van der Waals surface area contributed by atoms with E-state index in [9.17, 15) is 9.59 Å². The van der Waals surface area contributed by atoms with Gasteiger partial charge in [0.2, 0.25) is 5.91 Å². The van der Waals surface area contributed by atoms with E-state index in [2.05, 4.69) is 5.32 Å². The molecular weight excluding hydrogens is 214 g/mol. The van der Waals surface area contributed by atoms with Crippen molar-refractivity contribution in [3.8, 4) is 0 Å². The summed E-state index contributed by atoms with van der Waals surface area (Å²) in [4.78, 5) is 23.9. The second-order valence-electron chi connectivity index (χ2n) is 6.51. The molecule has 0 heterocycles. The van der Waals surface area contributed by atoms with Gasteiger partial charge in [-0.15, -0.1) is 0 Å². The quantitative estimate of drug-likeness (QED) is 0.804. The van der Waals surface area contributed by atoms with Gasteiger partial charge in [0.05, 0.1) is 6.04 Å². The molecule has 0 rings (SSSR count). The fourth-order valence-corrected chi connectivity index (χ4v) is 1.51. The second kappa shape index (κ2) is 6.18. The summed E-state index contributed by atoms with van der Waals surface area (Å²) in [6.07, 6.45) is 0.521. The molecule has 100 valence electrons. The molecule has 0 bridgehead atoms. The van der Waals surface area contributed by atoms with Crippen molar-refractivity contribution in [2.75, 3.05) is 0 Å². The highest BCUT2D eigenvalue weighted by atomic mass is 16.2. The summed E-state index contributed by atoms with van der Waals surface area (Å²) in [6, 6.07) is -0.357. The van der Waals surface area contributed by atoms with Crippen LogP contribution < -0.4 is 5.32 Å². The van der Waals surface area contributed by atoms with Gasteiger partial charge >= 0.3 is 0 Å².